The summed E-state index contributed by atoms with van der Waals surface area (Å²) in [5.74, 6) is 1.19. The molecule has 0 aromatic heterocycles. The predicted molar refractivity (Wildman–Crippen MR) is 218 cm³/mol. The van der Waals surface area contributed by atoms with Gasteiger partial charge >= 0.3 is 5.97 Å². The van der Waals surface area contributed by atoms with E-state index in [4.69, 9.17) is 49.4 Å². The molecule has 1 aliphatic rings. The summed E-state index contributed by atoms with van der Waals surface area (Å²) in [6.45, 7) is 10.5. The molecule has 3 aromatic carbocycles. The molecule has 1 heterocycles. The van der Waals surface area contributed by atoms with E-state index in [0.717, 1.165) is 28.9 Å². The number of nitrogens with two attached hydrogens (primary N) is 2. The number of rotatable bonds is 23. The summed E-state index contributed by atoms with van der Waals surface area (Å²) in [6, 6.07) is 19.5. The highest BCUT2D eigenvalue weighted by molar-refractivity contribution is 5.82. The van der Waals surface area contributed by atoms with Crippen LogP contribution in [0.25, 0.3) is 0 Å². The van der Waals surface area contributed by atoms with E-state index < -0.39 is 36.2 Å². The second kappa shape index (κ2) is 23.1. The number of hydrogen-bond donors (Lipinski definition) is 2. The molecular formula is C44H63N3O10. The number of esters is 1. The minimum atomic E-state index is -0.842. The molecule has 4 rings (SSSR count). The van der Waals surface area contributed by atoms with Crippen LogP contribution < -0.4 is 30.4 Å². The van der Waals surface area contributed by atoms with Gasteiger partial charge in [0.25, 0.3) is 0 Å². The van der Waals surface area contributed by atoms with Crippen LogP contribution in [0, 0.1) is 11.8 Å². The van der Waals surface area contributed by atoms with Crippen molar-refractivity contribution in [1.29, 1.82) is 0 Å². The lowest BCUT2D eigenvalue weighted by molar-refractivity contribution is -0.166. The molecule has 314 valence electrons. The fraction of sp³-hybridized carbons (Fsp3) is 0.545. The van der Waals surface area contributed by atoms with Crippen LogP contribution in [0.1, 0.15) is 63.1 Å². The molecule has 0 unspecified atom stereocenters. The van der Waals surface area contributed by atoms with Gasteiger partial charge in [-0.15, -0.1) is 0 Å². The zero-order valence-corrected chi connectivity index (χ0v) is 34.6. The van der Waals surface area contributed by atoms with E-state index in [2.05, 4.69) is 0 Å². The number of amides is 1. The van der Waals surface area contributed by atoms with Crippen molar-refractivity contribution < 1.29 is 47.5 Å². The maximum absolute atomic E-state index is 13.8. The second-order valence-corrected chi connectivity index (χ2v) is 14.9. The standard InChI is InChI=1S/C44H63N3O10/c1-29(2)41(45)43(48)47-25-38(56-27-31-14-19-36(52-7)37(24-31)55-23-10-20-50-5)40(39(26-47)57-44(49)42(46)30(3)4)32-15-17-34(18-16-32)54-22-11-21-53-28-33-12-8-9-13-35(33)51-6/h8-9,12-19,24,29-30,38-42H,10-11,20-23,25-28,45-46H2,1-7H3/t38-,39+,40+,41-,42-/m0/s1. The van der Waals surface area contributed by atoms with Gasteiger partial charge in [0.1, 0.15) is 23.6 Å². The Morgan fingerprint density at radius 1 is 0.719 bits per heavy atom. The highest BCUT2D eigenvalue weighted by Crippen LogP contribution is 2.36. The lowest BCUT2D eigenvalue weighted by Gasteiger charge is -2.44. The number of piperidine rings is 1. The first-order valence-corrected chi connectivity index (χ1v) is 19.8. The highest BCUT2D eigenvalue weighted by atomic mass is 16.6. The Morgan fingerprint density at radius 2 is 1.39 bits per heavy atom. The van der Waals surface area contributed by atoms with Crippen LogP contribution >= 0.6 is 0 Å². The Bertz CT molecular complexity index is 1670. The summed E-state index contributed by atoms with van der Waals surface area (Å²) < 4.78 is 46.9. The molecule has 0 radical (unpaired) electrons. The van der Waals surface area contributed by atoms with E-state index in [0.29, 0.717) is 56.7 Å². The van der Waals surface area contributed by atoms with Crippen molar-refractivity contribution in [2.24, 2.45) is 23.3 Å². The van der Waals surface area contributed by atoms with Gasteiger partial charge < -0.3 is 54.3 Å². The molecule has 5 atom stereocenters. The fourth-order valence-corrected chi connectivity index (χ4v) is 6.50. The molecule has 1 saturated heterocycles. The fourth-order valence-electron chi connectivity index (χ4n) is 6.50. The van der Waals surface area contributed by atoms with Crippen LogP contribution in [-0.2, 0) is 41.8 Å². The number of likely N-dealkylation sites (tertiary alicyclic amines) is 1. The highest BCUT2D eigenvalue weighted by Gasteiger charge is 2.44. The van der Waals surface area contributed by atoms with Crippen molar-refractivity contribution in [1.82, 2.24) is 4.90 Å². The van der Waals surface area contributed by atoms with E-state index in [-0.39, 0.29) is 37.4 Å². The Morgan fingerprint density at radius 3 is 2.07 bits per heavy atom. The largest absolute Gasteiger partial charge is 0.496 e. The van der Waals surface area contributed by atoms with Gasteiger partial charge in [0, 0.05) is 38.7 Å². The third-order valence-electron chi connectivity index (χ3n) is 10.0. The number of nitrogens with zero attached hydrogens (tertiary/aromatic N) is 1. The lowest BCUT2D eigenvalue weighted by Crippen LogP contribution is -2.59. The van der Waals surface area contributed by atoms with Crippen molar-refractivity contribution in [2.45, 2.75) is 84.0 Å². The van der Waals surface area contributed by atoms with Gasteiger partial charge in [-0.1, -0.05) is 64.1 Å². The maximum atomic E-state index is 13.8. The average molecular weight is 794 g/mol. The summed E-state index contributed by atoms with van der Waals surface area (Å²) in [6.07, 6.45) is 0.0513. The van der Waals surface area contributed by atoms with E-state index >= 15 is 0 Å². The van der Waals surface area contributed by atoms with E-state index in [9.17, 15) is 9.59 Å². The van der Waals surface area contributed by atoms with E-state index in [1.165, 1.54) is 0 Å². The Hall–Kier alpha value is -4.40. The minimum Gasteiger partial charge on any atom is -0.496 e. The topological polar surface area (TPSA) is 163 Å². The summed E-state index contributed by atoms with van der Waals surface area (Å²) in [5, 5.41) is 0. The van der Waals surface area contributed by atoms with Gasteiger partial charge in [0.15, 0.2) is 11.5 Å². The third kappa shape index (κ3) is 13.3. The van der Waals surface area contributed by atoms with Crippen molar-refractivity contribution in [3.63, 3.8) is 0 Å². The van der Waals surface area contributed by atoms with Crippen molar-refractivity contribution in [3.05, 3.63) is 83.4 Å². The van der Waals surface area contributed by atoms with Crippen LogP contribution in [0.2, 0.25) is 0 Å². The number of carbonyl (C=O) groups excluding carboxylic acids is 2. The molecular weight excluding hydrogens is 730 g/mol. The number of benzene rings is 3. The molecule has 1 fully saturated rings. The zero-order chi connectivity index (χ0) is 41.3. The molecule has 0 spiro atoms. The first-order chi connectivity index (χ1) is 27.5. The molecule has 1 amide bonds. The van der Waals surface area contributed by atoms with Gasteiger partial charge in [0.2, 0.25) is 5.91 Å². The Balaban J connectivity index is 1.54. The molecule has 0 bridgehead atoms. The van der Waals surface area contributed by atoms with E-state index in [1.807, 2.05) is 94.4 Å². The molecule has 0 saturated carbocycles. The number of hydrogen-bond acceptors (Lipinski definition) is 12. The zero-order valence-electron chi connectivity index (χ0n) is 34.6. The molecule has 13 nitrogen and oxygen atoms in total. The third-order valence-corrected chi connectivity index (χ3v) is 10.0. The molecule has 0 aliphatic carbocycles. The minimum absolute atomic E-state index is 0.0990. The first kappa shape index (κ1) is 45.3. The van der Waals surface area contributed by atoms with Gasteiger partial charge in [-0.3, -0.25) is 9.59 Å². The van der Waals surface area contributed by atoms with Crippen molar-refractivity contribution in [2.75, 3.05) is 60.8 Å². The van der Waals surface area contributed by atoms with Crippen LogP contribution in [0.4, 0.5) is 0 Å². The number of carbonyl (C=O) groups is 2. The molecule has 13 heteroatoms. The molecule has 4 N–H and O–H groups in total. The molecule has 3 aromatic rings. The number of methoxy groups -OCH3 is 3. The predicted octanol–water partition coefficient (Wildman–Crippen LogP) is 5.49. The Labute approximate surface area is 338 Å². The summed E-state index contributed by atoms with van der Waals surface area (Å²) >= 11 is 0. The van der Waals surface area contributed by atoms with Crippen LogP contribution in [0.15, 0.2) is 66.7 Å². The van der Waals surface area contributed by atoms with Gasteiger partial charge in [0.05, 0.1) is 71.9 Å². The first-order valence-electron chi connectivity index (χ1n) is 19.8. The quantitative estimate of drug-likeness (QED) is 0.0918. The molecule has 1 aliphatic heterocycles. The average Bonchev–Trinajstić information content (AvgIpc) is 3.22. The SMILES string of the molecule is COCCCOc1cc(CO[C@H]2CN(C(=O)[C@@H](N)C(C)C)C[C@@H](OC(=O)[C@@H](N)C(C)C)[C@@H]2c2ccc(OCCCOCc3ccccc3OC)cc2)ccc1OC. The van der Waals surface area contributed by atoms with E-state index in [1.54, 1.807) is 26.2 Å². The van der Waals surface area contributed by atoms with Gasteiger partial charge in [-0.25, -0.2) is 0 Å². The maximum Gasteiger partial charge on any atom is 0.323 e. The molecule has 57 heavy (non-hydrogen) atoms. The lowest BCUT2D eigenvalue weighted by atomic mass is 9.83. The smallest absolute Gasteiger partial charge is 0.323 e. The van der Waals surface area contributed by atoms with Crippen molar-refractivity contribution >= 4 is 11.9 Å². The summed E-state index contributed by atoms with van der Waals surface area (Å²) in [4.78, 5) is 28.8. The normalized spacial score (nSPS) is 17.9. The summed E-state index contributed by atoms with van der Waals surface area (Å²) in [7, 11) is 4.89. The number of ether oxygens (including phenoxy) is 8. The van der Waals surface area contributed by atoms with Crippen LogP contribution in [-0.4, -0.2) is 102 Å². The number of para-hydroxylation sites is 1. The Kier molecular flexibility index (Phi) is 18.4. The monoisotopic (exact) mass is 793 g/mol. The van der Waals surface area contributed by atoms with Crippen LogP contribution in [0.5, 0.6) is 23.0 Å². The second-order valence-electron chi connectivity index (χ2n) is 14.9. The van der Waals surface area contributed by atoms with Gasteiger partial charge in [-0.05, 0) is 53.3 Å². The van der Waals surface area contributed by atoms with Crippen molar-refractivity contribution in [3.8, 4) is 23.0 Å². The van der Waals surface area contributed by atoms with Gasteiger partial charge in [-0.2, -0.15) is 0 Å². The van der Waals surface area contributed by atoms with Crippen LogP contribution in [0.3, 0.4) is 0 Å². The summed E-state index contributed by atoms with van der Waals surface area (Å²) in [5.41, 5.74) is 15.3.